The molecule has 0 aliphatic rings. The molecular formula is C12H19FIN3O2. The third-order valence-corrected chi connectivity index (χ3v) is 2.29. The fourth-order valence-corrected chi connectivity index (χ4v) is 1.34. The molecular weight excluding hydrogens is 364 g/mol. The Labute approximate surface area is 129 Å². The van der Waals surface area contributed by atoms with E-state index in [9.17, 15) is 4.39 Å². The van der Waals surface area contributed by atoms with Gasteiger partial charge in [-0.05, 0) is 17.7 Å². The molecule has 0 saturated carbocycles. The largest absolute Gasteiger partial charge is 0.505 e. The smallest absolute Gasteiger partial charge is 0.191 e. The Morgan fingerprint density at radius 3 is 2.74 bits per heavy atom. The first-order valence-corrected chi connectivity index (χ1v) is 5.58. The van der Waals surface area contributed by atoms with Crippen molar-refractivity contribution in [3.63, 3.8) is 0 Å². The van der Waals surface area contributed by atoms with Gasteiger partial charge in [-0.25, -0.2) is 4.39 Å². The molecule has 0 saturated heterocycles. The fraction of sp³-hybridized carbons (Fsp3) is 0.417. The molecule has 3 N–H and O–H groups in total. The SMILES string of the molecule is CN=C(NCCOC)NCc1ccc(O)c(F)c1.I. The molecule has 0 aliphatic carbocycles. The van der Waals surface area contributed by atoms with E-state index in [-0.39, 0.29) is 29.7 Å². The first-order chi connectivity index (χ1) is 8.67. The van der Waals surface area contributed by atoms with Crippen molar-refractivity contribution >= 4 is 29.9 Å². The van der Waals surface area contributed by atoms with Crippen molar-refractivity contribution in [2.45, 2.75) is 6.54 Å². The molecule has 0 spiro atoms. The number of halogens is 2. The highest BCUT2D eigenvalue weighted by molar-refractivity contribution is 14.0. The van der Waals surface area contributed by atoms with Crippen LogP contribution in [0.2, 0.25) is 0 Å². The summed E-state index contributed by atoms with van der Waals surface area (Å²) in [5.41, 5.74) is 0.722. The molecule has 0 radical (unpaired) electrons. The molecule has 108 valence electrons. The lowest BCUT2D eigenvalue weighted by Gasteiger charge is -2.11. The summed E-state index contributed by atoms with van der Waals surface area (Å²) in [6.07, 6.45) is 0. The molecule has 0 aromatic heterocycles. The summed E-state index contributed by atoms with van der Waals surface area (Å²) in [5.74, 6) is -0.362. The number of methoxy groups -OCH3 is 1. The average Bonchev–Trinajstić information content (AvgIpc) is 2.37. The van der Waals surface area contributed by atoms with Crippen LogP contribution in [0, 0.1) is 5.82 Å². The number of phenolic OH excluding ortho intramolecular Hbond substituents is 1. The van der Waals surface area contributed by atoms with Crippen molar-refractivity contribution in [2.75, 3.05) is 27.3 Å². The molecule has 7 heteroatoms. The van der Waals surface area contributed by atoms with E-state index in [2.05, 4.69) is 15.6 Å². The number of rotatable bonds is 5. The zero-order valence-corrected chi connectivity index (χ0v) is 13.3. The van der Waals surface area contributed by atoms with Gasteiger partial charge >= 0.3 is 0 Å². The van der Waals surface area contributed by atoms with E-state index in [1.54, 1.807) is 20.2 Å². The summed E-state index contributed by atoms with van der Waals surface area (Å²) < 4.78 is 18.0. The van der Waals surface area contributed by atoms with Crippen LogP contribution in [0.3, 0.4) is 0 Å². The molecule has 0 fully saturated rings. The van der Waals surface area contributed by atoms with Crippen LogP contribution in [0.5, 0.6) is 5.75 Å². The van der Waals surface area contributed by atoms with Crippen molar-refractivity contribution in [2.24, 2.45) is 4.99 Å². The van der Waals surface area contributed by atoms with Gasteiger partial charge in [-0.15, -0.1) is 24.0 Å². The van der Waals surface area contributed by atoms with Crippen LogP contribution in [-0.2, 0) is 11.3 Å². The molecule has 0 aliphatic heterocycles. The van der Waals surface area contributed by atoms with Crippen LogP contribution in [0.15, 0.2) is 23.2 Å². The summed E-state index contributed by atoms with van der Waals surface area (Å²) in [5, 5.41) is 15.1. The second kappa shape index (κ2) is 9.79. The molecule has 1 aromatic carbocycles. The molecule has 0 bridgehead atoms. The number of hydrogen-bond acceptors (Lipinski definition) is 3. The first-order valence-electron chi connectivity index (χ1n) is 5.58. The van der Waals surface area contributed by atoms with Gasteiger partial charge in [0.1, 0.15) is 0 Å². The molecule has 0 unspecified atom stereocenters. The minimum Gasteiger partial charge on any atom is -0.505 e. The summed E-state index contributed by atoms with van der Waals surface area (Å²) >= 11 is 0. The zero-order chi connectivity index (χ0) is 13.4. The van der Waals surface area contributed by atoms with Gasteiger partial charge in [-0.3, -0.25) is 4.99 Å². The second-order valence-electron chi connectivity index (χ2n) is 3.63. The van der Waals surface area contributed by atoms with E-state index < -0.39 is 5.82 Å². The van der Waals surface area contributed by atoms with Crippen molar-refractivity contribution < 1.29 is 14.2 Å². The lowest BCUT2D eigenvalue weighted by atomic mass is 10.2. The standard InChI is InChI=1S/C12H18FN3O2.HI/c1-14-12(15-5-6-18-2)16-8-9-3-4-11(17)10(13)7-9;/h3-4,7,17H,5-6,8H2,1-2H3,(H2,14,15,16);1H. The summed E-state index contributed by atoms with van der Waals surface area (Å²) in [6, 6.07) is 4.26. The highest BCUT2D eigenvalue weighted by Crippen LogP contribution is 2.15. The normalized spacial score (nSPS) is 10.8. The maximum Gasteiger partial charge on any atom is 0.191 e. The third-order valence-electron chi connectivity index (χ3n) is 2.29. The molecule has 5 nitrogen and oxygen atoms in total. The Hall–Kier alpha value is -1.09. The quantitative estimate of drug-likeness (QED) is 0.312. The van der Waals surface area contributed by atoms with E-state index in [0.29, 0.717) is 25.7 Å². The predicted octanol–water partition coefficient (Wildman–Crippen LogP) is 1.46. The van der Waals surface area contributed by atoms with E-state index in [4.69, 9.17) is 9.84 Å². The third kappa shape index (κ3) is 6.58. The Morgan fingerprint density at radius 1 is 1.42 bits per heavy atom. The molecule has 0 amide bonds. The Bertz CT molecular complexity index is 416. The first kappa shape index (κ1) is 17.9. The fourth-order valence-electron chi connectivity index (χ4n) is 1.34. The van der Waals surface area contributed by atoms with Gasteiger partial charge < -0.3 is 20.5 Å². The number of guanidine groups is 1. The number of aliphatic imine (C=N–C) groups is 1. The minimum absolute atomic E-state index is 0. The lowest BCUT2D eigenvalue weighted by molar-refractivity contribution is 0.203. The number of aromatic hydroxyl groups is 1. The van der Waals surface area contributed by atoms with E-state index in [1.165, 1.54) is 12.1 Å². The number of ether oxygens (including phenoxy) is 1. The minimum atomic E-state index is -0.628. The highest BCUT2D eigenvalue weighted by atomic mass is 127. The molecule has 0 atom stereocenters. The number of benzene rings is 1. The Balaban J connectivity index is 0.00000324. The number of nitrogens with zero attached hydrogens (tertiary/aromatic N) is 1. The maximum atomic E-state index is 13.1. The Kier molecular flexibility index (Phi) is 9.23. The van der Waals surface area contributed by atoms with E-state index >= 15 is 0 Å². The van der Waals surface area contributed by atoms with Crippen molar-refractivity contribution in [1.29, 1.82) is 0 Å². The van der Waals surface area contributed by atoms with Gasteiger partial charge in [0, 0.05) is 27.2 Å². The van der Waals surface area contributed by atoms with Crippen LogP contribution in [0.4, 0.5) is 4.39 Å². The summed E-state index contributed by atoms with van der Waals surface area (Å²) in [4.78, 5) is 4.01. The summed E-state index contributed by atoms with van der Waals surface area (Å²) in [6.45, 7) is 1.64. The molecule has 19 heavy (non-hydrogen) atoms. The number of hydrogen-bond donors (Lipinski definition) is 3. The van der Waals surface area contributed by atoms with Gasteiger partial charge in [-0.2, -0.15) is 0 Å². The van der Waals surface area contributed by atoms with Gasteiger partial charge in [0.25, 0.3) is 0 Å². The van der Waals surface area contributed by atoms with Gasteiger partial charge in [0.05, 0.1) is 6.61 Å². The van der Waals surface area contributed by atoms with Crippen LogP contribution >= 0.6 is 24.0 Å². The molecule has 1 rings (SSSR count). The van der Waals surface area contributed by atoms with Crippen molar-refractivity contribution in [1.82, 2.24) is 10.6 Å². The average molecular weight is 383 g/mol. The van der Waals surface area contributed by atoms with Gasteiger partial charge in [-0.1, -0.05) is 6.07 Å². The predicted molar refractivity (Wildman–Crippen MR) is 83.6 cm³/mol. The van der Waals surface area contributed by atoms with Crippen LogP contribution in [-0.4, -0.2) is 38.4 Å². The van der Waals surface area contributed by atoms with Gasteiger partial charge in [0.2, 0.25) is 0 Å². The zero-order valence-electron chi connectivity index (χ0n) is 10.9. The van der Waals surface area contributed by atoms with E-state index in [0.717, 1.165) is 5.56 Å². The second-order valence-corrected chi connectivity index (χ2v) is 3.63. The Morgan fingerprint density at radius 2 is 2.16 bits per heavy atom. The lowest BCUT2D eigenvalue weighted by Crippen LogP contribution is -2.38. The van der Waals surface area contributed by atoms with Gasteiger partial charge in [0.15, 0.2) is 17.5 Å². The molecule has 0 heterocycles. The van der Waals surface area contributed by atoms with E-state index in [1.807, 2.05) is 0 Å². The highest BCUT2D eigenvalue weighted by Gasteiger charge is 2.02. The van der Waals surface area contributed by atoms with Crippen LogP contribution < -0.4 is 10.6 Å². The maximum absolute atomic E-state index is 13.1. The number of nitrogens with one attached hydrogen (secondary N) is 2. The van der Waals surface area contributed by atoms with Crippen LogP contribution in [0.25, 0.3) is 0 Å². The topological polar surface area (TPSA) is 65.9 Å². The monoisotopic (exact) mass is 383 g/mol. The van der Waals surface area contributed by atoms with Crippen molar-refractivity contribution in [3.05, 3.63) is 29.6 Å². The van der Waals surface area contributed by atoms with Crippen molar-refractivity contribution in [3.8, 4) is 5.75 Å². The number of phenols is 1. The molecule has 1 aromatic rings. The summed E-state index contributed by atoms with van der Waals surface area (Å²) in [7, 11) is 3.27. The van der Waals surface area contributed by atoms with Crippen LogP contribution in [0.1, 0.15) is 5.56 Å².